The molecule has 1 saturated heterocycles. The number of rotatable bonds is 7. The average Bonchev–Trinajstić information content (AvgIpc) is 2.90. The summed E-state index contributed by atoms with van der Waals surface area (Å²) in [6.45, 7) is 1.57. The van der Waals surface area contributed by atoms with Crippen molar-refractivity contribution in [2.75, 3.05) is 23.9 Å². The number of nitrogens with zero attached hydrogens (tertiary/aromatic N) is 1. The summed E-state index contributed by atoms with van der Waals surface area (Å²) < 4.78 is 11.0. The van der Waals surface area contributed by atoms with Crippen molar-refractivity contribution in [2.45, 2.75) is 6.92 Å². The van der Waals surface area contributed by atoms with Gasteiger partial charge in [-0.25, -0.2) is 14.5 Å². The van der Waals surface area contributed by atoms with Crippen LogP contribution in [-0.4, -0.2) is 43.4 Å². The molecule has 1 fully saturated rings. The maximum Gasteiger partial charge on any atom is 0.337 e. The third kappa shape index (κ3) is 6.39. The van der Waals surface area contributed by atoms with E-state index >= 15 is 0 Å². The van der Waals surface area contributed by atoms with Crippen LogP contribution in [0.2, 0.25) is 0 Å². The lowest BCUT2D eigenvalue weighted by Gasteiger charge is -2.26. The molecule has 1 heterocycles. The highest BCUT2D eigenvalue weighted by Gasteiger charge is 2.37. The fraction of sp³-hybridized carbons (Fsp3) is 0.107. The van der Waals surface area contributed by atoms with E-state index in [1.807, 2.05) is 25.1 Å². The molecule has 0 bridgehead atoms. The number of urea groups is 1. The number of imide groups is 2. The first-order valence-electron chi connectivity index (χ1n) is 11.5. The number of carbonyl (C=O) groups is 5. The molecule has 1 aliphatic heterocycles. The summed E-state index contributed by atoms with van der Waals surface area (Å²) in [5.74, 6) is -2.52. The minimum Gasteiger partial charge on any atom is -0.483 e. The van der Waals surface area contributed by atoms with Gasteiger partial charge in [0.1, 0.15) is 11.3 Å². The van der Waals surface area contributed by atoms with Crippen LogP contribution < -0.4 is 20.3 Å². The molecule has 198 valence electrons. The molecule has 3 aromatic rings. The Hall–Kier alpha value is -4.77. The number of ether oxygens (including phenoxy) is 2. The Bertz CT molecular complexity index is 1520. The lowest BCUT2D eigenvalue weighted by atomic mass is 10.1. The van der Waals surface area contributed by atoms with Crippen LogP contribution >= 0.6 is 15.9 Å². The molecule has 0 spiro atoms. The summed E-state index contributed by atoms with van der Waals surface area (Å²) in [6.07, 6.45) is 1.28. The molecule has 0 aliphatic carbocycles. The molecule has 3 aromatic carbocycles. The summed E-state index contributed by atoms with van der Waals surface area (Å²) in [7, 11) is 1.23. The van der Waals surface area contributed by atoms with Crippen LogP contribution in [0.5, 0.6) is 5.75 Å². The van der Waals surface area contributed by atoms with Crippen molar-refractivity contribution in [2.24, 2.45) is 0 Å². The van der Waals surface area contributed by atoms with Crippen molar-refractivity contribution in [3.63, 3.8) is 0 Å². The highest BCUT2D eigenvalue weighted by molar-refractivity contribution is 9.10. The van der Waals surface area contributed by atoms with Crippen molar-refractivity contribution in [3.05, 3.63) is 93.5 Å². The van der Waals surface area contributed by atoms with E-state index in [0.29, 0.717) is 15.7 Å². The average molecular weight is 592 g/mol. The number of barbiturate groups is 1. The number of anilines is 2. The lowest BCUT2D eigenvalue weighted by molar-refractivity contribution is -0.122. The monoisotopic (exact) mass is 591 g/mol. The number of hydrogen-bond donors (Lipinski definition) is 2. The second kappa shape index (κ2) is 11.7. The zero-order valence-electron chi connectivity index (χ0n) is 20.8. The van der Waals surface area contributed by atoms with Gasteiger partial charge >= 0.3 is 12.0 Å². The topological polar surface area (TPSA) is 131 Å². The molecular weight excluding hydrogens is 570 g/mol. The van der Waals surface area contributed by atoms with Gasteiger partial charge in [-0.1, -0.05) is 28.1 Å². The van der Waals surface area contributed by atoms with Crippen LogP contribution in [0.25, 0.3) is 6.08 Å². The van der Waals surface area contributed by atoms with Crippen LogP contribution in [0.4, 0.5) is 16.2 Å². The van der Waals surface area contributed by atoms with Gasteiger partial charge in [0.2, 0.25) is 0 Å². The molecule has 2 N–H and O–H groups in total. The van der Waals surface area contributed by atoms with Gasteiger partial charge in [0, 0.05) is 15.7 Å². The van der Waals surface area contributed by atoms with E-state index < -0.39 is 29.7 Å². The quantitative estimate of drug-likeness (QED) is 0.239. The summed E-state index contributed by atoms with van der Waals surface area (Å²) in [5, 5.41) is 4.89. The summed E-state index contributed by atoms with van der Waals surface area (Å²) in [6, 6.07) is 16.8. The lowest BCUT2D eigenvalue weighted by Crippen LogP contribution is -2.54. The van der Waals surface area contributed by atoms with Crippen LogP contribution in [-0.2, 0) is 19.1 Å². The summed E-state index contributed by atoms with van der Waals surface area (Å²) in [4.78, 5) is 63.4. The van der Waals surface area contributed by atoms with Crippen LogP contribution in [0.1, 0.15) is 21.5 Å². The molecule has 39 heavy (non-hydrogen) atoms. The first kappa shape index (κ1) is 27.3. The molecular formula is C28H22BrN3O7. The van der Waals surface area contributed by atoms with E-state index in [9.17, 15) is 24.0 Å². The molecule has 0 saturated carbocycles. The van der Waals surface area contributed by atoms with E-state index in [0.717, 1.165) is 10.5 Å². The van der Waals surface area contributed by atoms with Crippen LogP contribution in [0.3, 0.4) is 0 Å². The SMILES string of the molecule is COC(=O)c1ccc(N2C(=O)NC(=O)/C(=C\c3cc(Br)ccc3OCC(=O)Nc3cccc(C)c3)C2=O)cc1. The number of nitrogens with one attached hydrogen (secondary N) is 2. The molecule has 0 atom stereocenters. The Balaban J connectivity index is 1.57. The predicted octanol–water partition coefficient (Wildman–Crippen LogP) is 4.23. The minimum absolute atomic E-state index is 0.141. The Morgan fingerprint density at radius 3 is 2.46 bits per heavy atom. The summed E-state index contributed by atoms with van der Waals surface area (Å²) >= 11 is 3.35. The number of benzene rings is 3. The van der Waals surface area contributed by atoms with Gasteiger partial charge in [0.05, 0.1) is 18.4 Å². The van der Waals surface area contributed by atoms with Crippen molar-refractivity contribution in [1.82, 2.24) is 5.32 Å². The summed E-state index contributed by atoms with van der Waals surface area (Å²) in [5.41, 5.74) is 1.95. The number of halogens is 1. The molecule has 0 aromatic heterocycles. The van der Waals surface area contributed by atoms with E-state index in [1.54, 1.807) is 24.3 Å². The van der Waals surface area contributed by atoms with E-state index in [2.05, 4.69) is 31.3 Å². The van der Waals surface area contributed by atoms with Gasteiger partial charge < -0.3 is 14.8 Å². The third-order valence-electron chi connectivity index (χ3n) is 5.58. The second-order valence-corrected chi connectivity index (χ2v) is 9.30. The molecule has 0 unspecified atom stereocenters. The molecule has 11 heteroatoms. The number of hydrogen-bond acceptors (Lipinski definition) is 7. The van der Waals surface area contributed by atoms with Gasteiger partial charge in [0.15, 0.2) is 6.61 Å². The third-order valence-corrected chi connectivity index (χ3v) is 6.07. The standard InChI is InChI=1S/C28H22BrN3O7/c1-16-4-3-5-20(12-16)30-24(33)15-39-23-11-8-19(29)13-18(23)14-22-25(34)31-28(37)32(26(22)35)21-9-6-17(7-10-21)27(36)38-2/h3-14H,15H2,1-2H3,(H,30,33)(H,31,34,37)/b22-14+. The Kier molecular flexibility index (Phi) is 8.21. The van der Waals surface area contributed by atoms with E-state index in [-0.39, 0.29) is 29.2 Å². The molecule has 1 aliphatic rings. The zero-order chi connectivity index (χ0) is 28.1. The number of aryl methyl sites for hydroxylation is 1. The number of methoxy groups -OCH3 is 1. The Morgan fingerprint density at radius 2 is 1.77 bits per heavy atom. The van der Waals surface area contributed by atoms with Crippen molar-refractivity contribution >= 4 is 63.1 Å². The van der Waals surface area contributed by atoms with Crippen molar-refractivity contribution in [3.8, 4) is 5.75 Å². The number of carbonyl (C=O) groups excluding carboxylic acids is 5. The van der Waals surface area contributed by atoms with Crippen LogP contribution in [0, 0.1) is 6.92 Å². The second-order valence-electron chi connectivity index (χ2n) is 8.38. The highest BCUT2D eigenvalue weighted by atomic mass is 79.9. The maximum atomic E-state index is 13.3. The Labute approximate surface area is 231 Å². The Morgan fingerprint density at radius 1 is 1.03 bits per heavy atom. The number of esters is 1. The predicted molar refractivity (Wildman–Crippen MR) is 146 cm³/mol. The molecule has 10 nitrogen and oxygen atoms in total. The molecule has 5 amide bonds. The van der Waals surface area contributed by atoms with Crippen molar-refractivity contribution in [1.29, 1.82) is 0 Å². The zero-order valence-corrected chi connectivity index (χ0v) is 22.4. The first-order valence-corrected chi connectivity index (χ1v) is 12.3. The molecule has 4 rings (SSSR count). The fourth-order valence-corrected chi connectivity index (χ4v) is 4.12. The van der Waals surface area contributed by atoms with Gasteiger partial charge in [-0.15, -0.1) is 0 Å². The van der Waals surface area contributed by atoms with E-state index in [4.69, 9.17) is 4.74 Å². The highest BCUT2D eigenvalue weighted by Crippen LogP contribution is 2.28. The number of amides is 5. The van der Waals surface area contributed by atoms with Gasteiger partial charge in [0.25, 0.3) is 17.7 Å². The smallest absolute Gasteiger partial charge is 0.337 e. The largest absolute Gasteiger partial charge is 0.483 e. The van der Waals surface area contributed by atoms with Crippen LogP contribution in [0.15, 0.2) is 76.8 Å². The fourth-order valence-electron chi connectivity index (χ4n) is 3.74. The first-order chi connectivity index (χ1) is 18.7. The van der Waals surface area contributed by atoms with Gasteiger partial charge in [-0.2, -0.15) is 0 Å². The minimum atomic E-state index is -0.938. The normalized spacial score (nSPS) is 14.2. The molecule has 0 radical (unpaired) electrons. The van der Waals surface area contributed by atoms with E-state index in [1.165, 1.54) is 37.5 Å². The maximum absolute atomic E-state index is 13.3. The van der Waals surface area contributed by atoms with Gasteiger partial charge in [-0.3, -0.25) is 19.7 Å². The van der Waals surface area contributed by atoms with Crippen molar-refractivity contribution < 1.29 is 33.4 Å². The van der Waals surface area contributed by atoms with Gasteiger partial charge in [-0.05, 0) is 73.2 Å².